The zero-order chi connectivity index (χ0) is 23.8. The molecular weight excluding hydrogens is 454 g/mol. The molecule has 5 rings (SSSR count). The van der Waals surface area contributed by atoms with E-state index in [1.54, 1.807) is 17.1 Å². The quantitative estimate of drug-likeness (QED) is 0.375. The van der Waals surface area contributed by atoms with Gasteiger partial charge in [0.25, 0.3) is 5.91 Å². The largest absolute Gasteiger partial charge is 0.368 e. The van der Waals surface area contributed by atoms with Gasteiger partial charge in [-0.1, -0.05) is 0 Å². The summed E-state index contributed by atoms with van der Waals surface area (Å²) < 4.78 is 17.9. The summed E-state index contributed by atoms with van der Waals surface area (Å²) in [6.45, 7) is 5.86. The molecule has 1 aliphatic heterocycles. The van der Waals surface area contributed by atoms with E-state index < -0.39 is 11.0 Å². The van der Waals surface area contributed by atoms with Crippen molar-refractivity contribution in [3.8, 4) is 0 Å². The first kappa shape index (κ1) is 22.4. The van der Waals surface area contributed by atoms with Crippen molar-refractivity contribution in [1.29, 1.82) is 0 Å². The van der Waals surface area contributed by atoms with E-state index in [4.69, 9.17) is 0 Å². The van der Waals surface area contributed by atoms with Crippen LogP contribution < -0.4 is 20.3 Å². The van der Waals surface area contributed by atoms with Crippen molar-refractivity contribution < 1.29 is 9.00 Å². The average Bonchev–Trinajstić information content (AvgIpc) is 3.39. The van der Waals surface area contributed by atoms with Crippen LogP contribution in [0.15, 0.2) is 30.7 Å². The zero-order valence-corrected chi connectivity index (χ0v) is 20.1. The maximum absolute atomic E-state index is 13.3. The molecule has 0 aliphatic carbocycles. The Kier molecular flexibility index (Phi) is 6.02. The second-order valence-electron chi connectivity index (χ2n) is 8.35. The third kappa shape index (κ3) is 4.39. The Labute approximate surface area is 199 Å². The lowest BCUT2D eigenvalue weighted by Crippen LogP contribution is -2.43. The molecule has 3 N–H and O–H groups in total. The van der Waals surface area contributed by atoms with E-state index >= 15 is 0 Å². The topological polar surface area (TPSA) is 121 Å². The lowest BCUT2D eigenvalue weighted by Gasteiger charge is -2.30. The standard InChI is InChI=1S/C22H27N9O2S/c1-14-11-31-13-19(26-21(31)17(25-14)10-24-34(3)33)27-22(32)15-4-5-18(30-8-6-23-7-9-30)16-12-29(2)28-20(15)16/h4-5,11-13,23-24H,6-10H2,1-3H3,(H,27,32). The van der Waals surface area contributed by atoms with Gasteiger partial charge < -0.3 is 19.9 Å². The summed E-state index contributed by atoms with van der Waals surface area (Å²) in [5.41, 5.74) is 4.27. The van der Waals surface area contributed by atoms with Crippen molar-refractivity contribution >= 4 is 44.9 Å². The number of aromatic nitrogens is 5. The van der Waals surface area contributed by atoms with Crippen LogP contribution in [0.25, 0.3) is 16.6 Å². The molecule has 0 radical (unpaired) electrons. The maximum Gasteiger partial charge on any atom is 0.259 e. The lowest BCUT2D eigenvalue weighted by molar-refractivity contribution is 0.102. The van der Waals surface area contributed by atoms with E-state index in [-0.39, 0.29) is 5.91 Å². The number of carbonyl (C=O) groups is 1. The van der Waals surface area contributed by atoms with Gasteiger partial charge in [-0.2, -0.15) is 5.10 Å². The van der Waals surface area contributed by atoms with Crippen LogP contribution in [-0.2, 0) is 24.6 Å². The first-order valence-corrected chi connectivity index (χ1v) is 12.6. The fourth-order valence-corrected chi connectivity index (χ4v) is 4.64. The molecule has 12 heteroatoms. The van der Waals surface area contributed by atoms with E-state index in [1.165, 1.54) is 0 Å². The van der Waals surface area contributed by atoms with Gasteiger partial charge >= 0.3 is 0 Å². The van der Waals surface area contributed by atoms with Gasteiger partial charge in [-0.25, -0.2) is 13.9 Å². The van der Waals surface area contributed by atoms with Gasteiger partial charge in [-0.3, -0.25) is 14.5 Å². The number of imidazole rings is 1. The lowest BCUT2D eigenvalue weighted by atomic mass is 10.1. The van der Waals surface area contributed by atoms with Gasteiger partial charge in [0.05, 0.1) is 40.7 Å². The van der Waals surface area contributed by atoms with Crippen LogP contribution in [0.4, 0.5) is 11.5 Å². The second kappa shape index (κ2) is 9.12. The first-order valence-electron chi connectivity index (χ1n) is 11.0. The van der Waals surface area contributed by atoms with Gasteiger partial charge in [0.15, 0.2) is 11.5 Å². The van der Waals surface area contributed by atoms with Crippen LogP contribution in [0, 0.1) is 6.92 Å². The summed E-state index contributed by atoms with van der Waals surface area (Å²) in [4.78, 5) is 24.7. The number of hydrogen-bond donors (Lipinski definition) is 3. The molecule has 11 nitrogen and oxygen atoms in total. The number of fused-ring (bicyclic) bond motifs is 2. The van der Waals surface area contributed by atoms with E-state index in [9.17, 15) is 9.00 Å². The maximum atomic E-state index is 13.3. The second-order valence-corrected chi connectivity index (χ2v) is 9.55. The summed E-state index contributed by atoms with van der Waals surface area (Å²) >= 11 is 0. The van der Waals surface area contributed by atoms with Gasteiger partial charge in [-0.05, 0) is 19.1 Å². The SMILES string of the molecule is Cc1cn2cc(NC(=O)c3ccc(N4CCNCC4)c4cn(C)nc34)nc2c(CNS(C)=O)n1. The first-order chi connectivity index (χ1) is 16.4. The van der Waals surface area contributed by atoms with E-state index in [1.807, 2.05) is 42.9 Å². The molecule has 3 aromatic heterocycles. The number of hydrogen-bond acceptors (Lipinski definition) is 7. The average molecular weight is 482 g/mol. The molecule has 4 heterocycles. The minimum Gasteiger partial charge on any atom is -0.368 e. The Morgan fingerprint density at radius 2 is 1.97 bits per heavy atom. The highest BCUT2D eigenvalue weighted by Crippen LogP contribution is 2.29. The predicted octanol–water partition coefficient (Wildman–Crippen LogP) is 0.969. The van der Waals surface area contributed by atoms with E-state index in [0.29, 0.717) is 34.8 Å². The minimum absolute atomic E-state index is 0.280. The fourth-order valence-electron chi connectivity index (χ4n) is 4.30. The van der Waals surface area contributed by atoms with Crippen LogP contribution >= 0.6 is 0 Å². The van der Waals surface area contributed by atoms with Gasteiger partial charge in [-0.15, -0.1) is 0 Å². The molecule has 1 aliphatic rings. The fraction of sp³-hybridized carbons (Fsp3) is 0.364. The number of aryl methyl sites for hydroxylation is 2. The minimum atomic E-state index is -1.17. The molecular formula is C22H27N9O2S. The summed E-state index contributed by atoms with van der Waals surface area (Å²) in [6, 6.07) is 3.82. The van der Waals surface area contributed by atoms with Crippen LogP contribution in [0.5, 0.6) is 0 Å². The molecule has 178 valence electrons. The van der Waals surface area contributed by atoms with Crippen LogP contribution in [0.1, 0.15) is 21.7 Å². The zero-order valence-electron chi connectivity index (χ0n) is 19.3. The molecule has 1 atom stereocenters. The Hall–Kier alpha value is -3.35. The van der Waals surface area contributed by atoms with Gasteiger partial charge in [0, 0.05) is 62.9 Å². The number of carbonyl (C=O) groups excluding carboxylic acids is 1. The third-order valence-electron chi connectivity index (χ3n) is 5.78. The van der Waals surface area contributed by atoms with Crippen molar-refractivity contribution in [3.63, 3.8) is 0 Å². The number of amides is 1. The molecule has 0 saturated carbocycles. The van der Waals surface area contributed by atoms with E-state index in [2.05, 4.69) is 35.3 Å². The van der Waals surface area contributed by atoms with Crippen LogP contribution in [0.2, 0.25) is 0 Å². The molecule has 1 unspecified atom stereocenters. The molecule has 1 fully saturated rings. The van der Waals surface area contributed by atoms with Crippen molar-refractivity contribution in [1.82, 2.24) is 34.2 Å². The Bertz CT molecular complexity index is 1400. The molecule has 4 aromatic rings. The monoisotopic (exact) mass is 481 g/mol. The summed E-state index contributed by atoms with van der Waals surface area (Å²) in [6.07, 6.45) is 7.11. The van der Waals surface area contributed by atoms with Gasteiger partial charge in [0.1, 0.15) is 5.52 Å². The van der Waals surface area contributed by atoms with Crippen LogP contribution in [0.3, 0.4) is 0 Å². The van der Waals surface area contributed by atoms with E-state index in [0.717, 1.165) is 42.9 Å². The summed E-state index contributed by atoms with van der Waals surface area (Å²) in [5, 5.41) is 11.8. The highest BCUT2D eigenvalue weighted by molar-refractivity contribution is 7.82. The summed E-state index contributed by atoms with van der Waals surface area (Å²) in [5.74, 6) is 0.129. The number of rotatable bonds is 6. The molecule has 0 spiro atoms. The predicted molar refractivity (Wildman–Crippen MR) is 132 cm³/mol. The number of nitrogens with zero attached hydrogens (tertiary/aromatic N) is 6. The number of nitrogens with one attached hydrogen (secondary N) is 3. The normalized spacial score (nSPS) is 15.2. The third-order valence-corrected chi connectivity index (χ3v) is 6.33. The van der Waals surface area contributed by atoms with Crippen molar-refractivity contribution in [2.75, 3.05) is 42.7 Å². The Morgan fingerprint density at radius 3 is 2.74 bits per heavy atom. The van der Waals surface area contributed by atoms with Crippen molar-refractivity contribution in [3.05, 3.63) is 47.7 Å². The Morgan fingerprint density at radius 1 is 1.18 bits per heavy atom. The van der Waals surface area contributed by atoms with Crippen LogP contribution in [-0.4, -0.2) is 66.7 Å². The molecule has 1 saturated heterocycles. The van der Waals surface area contributed by atoms with Crippen molar-refractivity contribution in [2.24, 2.45) is 7.05 Å². The smallest absolute Gasteiger partial charge is 0.259 e. The number of benzene rings is 1. The molecule has 0 bridgehead atoms. The molecule has 34 heavy (non-hydrogen) atoms. The van der Waals surface area contributed by atoms with Crippen molar-refractivity contribution in [2.45, 2.75) is 13.5 Å². The Balaban J connectivity index is 1.46. The summed E-state index contributed by atoms with van der Waals surface area (Å²) in [7, 11) is 0.690. The molecule has 1 aromatic carbocycles. The highest BCUT2D eigenvalue weighted by Gasteiger charge is 2.21. The molecule has 1 amide bonds. The highest BCUT2D eigenvalue weighted by atomic mass is 32.2. The number of piperazine rings is 1. The van der Waals surface area contributed by atoms with Gasteiger partial charge in [0.2, 0.25) is 0 Å². The number of anilines is 2.